The van der Waals surface area contributed by atoms with Gasteiger partial charge in [-0.3, -0.25) is 19.0 Å². The number of nitrogen functional groups attached to an aromatic ring is 1. The van der Waals surface area contributed by atoms with Gasteiger partial charge in [-0.2, -0.15) is 5.10 Å². The lowest BCUT2D eigenvalue weighted by atomic mass is 10.2. The molecule has 0 aliphatic rings. The average molecular weight is 235 g/mol. The molecule has 3 N–H and O–H groups in total. The molecule has 17 heavy (non-hydrogen) atoms. The van der Waals surface area contributed by atoms with Crippen LogP contribution in [-0.2, 0) is 7.05 Å². The predicted octanol–water partition coefficient (Wildman–Crippen LogP) is -0.538. The molecule has 2 heterocycles. The average Bonchev–Trinajstić information content (AvgIpc) is 2.63. The van der Waals surface area contributed by atoms with Crippen molar-refractivity contribution >= 4 is 5.82 Å². The first-order valence-electron chi connectivity index (χ1n) is 5.09. The van der Waals surface area contributed by atoms with E-state index in [-0.39, 0.29) is 11.9 Å². The monoisotopic (exact) mass is 235 g/mol. The maximum atomic E-state index is 11.7. The molecule has 2 aromatic rings. The van der Waals surface area contributed by atoms with E-state index >= 15 is 0 Å². The Kier molecular flexibility index (Phi) is 2.58. The fraction of sp³-hybridized carbons (Fsp3) is 0.300. The highest BCUT2D eigenvalue weighted by atomic mass is 16.2. The first-order chi connectivity index (χ1) is 7.99. The Morgan fingerprint density at radius 3 is 2.71 bits per heavy atom. The van der Waals surface area contributed by atoms with Gasteiger partial charge in [-0.05, 0) is 6.92 Å². The molecule has 7 heteroatoms. The Labute approximate surface area is 96.5 Å². The molecule has 0 bridgehead atoms. The van der Waals surface area contributed by atoms with Gasteiger partial charge >= 0.3 is 5.69 Å². The number of rotatable bonds is 2. The van der Waals surface area contributed by atoms with Gasteiger partial charge in [0, 0.05) is 24.9 Å². The second-order valence-electron chi connectivity index (χ2n) is 3.86. The van der Waals surface area contributed by atoms with Crippen molar-refractivity contribution in [1.29, 1.82) is 0 Å². The van der Waals surface area contributed by atoms with E-state index in [0.717, 1.165) is 5.56 Å². The van der Waals surface area contributed by atoms with Gasteiger partial charge in [0.2, 0.25) is 0 Å². The number of aromatic amines is 1. The maximum Gasteiger partial charge on any atom is 0.330 e. The van der Waals surface area contributed by atoms with E-state index in [1.54, 1.807) is 24.1 Å². The number of nitrogens with two attached hydrogens (primary N) is 1. The zero-order valence-corrected chi connectivity index (χ0v) is 9.54. The molecular weight excluding hydrogens is 222 g/mol. The van der Waals surface area contributed by atoms with Gasteiger partial charge in [-0.15, -0.1) is 0 Å². The fourth-order valence-electron chi connectivity index (χ4n) is 1.73. The molecule has 0 aromatic carbocycles. The van der Waals surface area contributed by atoms with Gasteiger partial charge < -0.3 is 5.73 Å². The van der Waals surface area contributed by atoms with E-state index in [2.05, 4.69) is 10.1 Å². The molecule has 0 aliphatic heterocycles. The number of hydrogen-bond acceptors (Lipinski definition) is 4. The van der Waals surface area contributed by atoms with E-state index < -0.39 is 11.2 Å². The summed E-state index contributed by atoms with van der Waals surface area (Å²) in [6.45, 7) is 1.81. The van der Waals surface area contributed by atoms with Crippen molar-refractivity contribution in [2.45, 2.75) is 13.0 Å². The summed E-state index contributed by atoms with van der Waals surface area (Å²) in [5, 5.41) is 4.03. The summed E-state index contributed by atoms with van der Waals surface area (Å²) >= 11 is 0. The molecule has 90 valence electrons. The molecule has 2 rings (SSSR count). The first-order valence-corrected chi connectivity index (χ1v) is 5.09. The maximum absolute atomic E-state index is 11.7. The summed E-state index contributed by atoms with van der Waals surface area (Å²) in [4.78, 5) is 24.9. The van der Waals surface area contributed by atoms with Crippen LogP contribution in [0.15, 0.2) is 28.0 Å². The molecule has 0 fully saturated rings. The van der Waals surface area contributed by atoms with E-state index in [1.165, 1.54) is 10.6 Å². The Balaban J connectivity index is 2.55. The summed E-state index contributed by atoms with van der Waals surface area (Å²) in [6.07, 6.45) is 3.45. The summed E-state index contributed by atoms with van der Waals surface area (Å²) < 4.78 is 2.96. The van der Waals surface area contributed by atoms with Crippen molar-refractivity contribution in [3.05, 3.63) is 44.9 Å². The van der Waals surface area contributed by atoms with Gasteiger partial charge in [0.15, 0.2) is 0 Å². The van der Waals surface area contributed by atoms with Crippen molar-refractivity contribution < 1.29 is 0 Å². The van der Waals surface area contributed by atoms with Crippen molar-refractivity contribution in [3.63, 3.8) is 0 Å². The quantitative estimate of drug-likeness (QED) is 0.730. The molecule has 0 aliphatic carbocycles. The summed E-state index contributed by atoms with van der Waals surface area (Å²) in [7, 11) is 1.79. The highest BCUT2D eigenvalue weighted by molar-refractivity contribution is 5.29. The Morgan fingerprint density at radius 1 is 1.47 bits per heavy atom. The predicted molar refractivity (Wildman–Crippen MR) is 62.8 cm³/mol. The minimum atomic E-state index is -0.522. The number of hydrogen-bond donors (Lipinski definition) is 2. The van der Waals surface area contributed by atoms with E-state index in [1.807, 2.05) is 6.92 Å². The molecular formula is C10H13N5O2. The fourth-order valence-corrected chi connectivity index (χ4v) is 1.73. The van der Waals surface area contributed by atoms with Crippen LogP contribution < -0.4 is 17.0 Å². The lowest BCUT2D eigenvalue weighted by Gasteiger charge is -2.15. The Morgan fingerprint density at radius 2 is 2.18 bits per heavy atom. The minimum absolute atomic E-state index is 0.134. The van der Waals surface area contributed by atoms with Gasteiger partial charge in [0.25, 0.3) is 5.56 Å². The normalized spacial score (nSPS) is 12.6. The van der Waals surface area contributed by atoms with Crippen LogP contribution in [0.2, 0.25) is 0 Å². The number of aryl methyl sites for hydroxylation is 1. The summed E-state index contributed by atoms with van der Waals surface area (Å²) in [5.41, 5.74) is 5.50. The third kappa shape index (κ3) is 1.99. The molecule has 0 radical (unpaired) electrons. The van der Waals surface area contributed by atoms with E-state index in [0.29, 0.717) is 0 Å². The largest absolute Gasteiger partial charge is 0.385 e. The van der Waals surface area contributed by atoms with Gasteiger partial charge in [-0.25, -0.2) is 4.79 Å². The summed E-state index contributed by atoms with van der Waals surface area (Å²) in [5.74, 6) is 0.134. The van der Waals surface area contributed by atoms with Gasteiger partial charge in [0.1, 0.15) is 5.82 Å². The molecule has 1 unspecified atom stereocenters. The van der Waals surface area contributed by atoms with Crippen LogP contribution in [0.1, 0.15) is 18.5 Å². The SMILES string of the molecule is CC(c1cnn(C)c1)n1c(N)cc(=O)[nH]c1=O. The second kappa shape index (κ2) is 3.93. The minimum Gasteiger partial charge on any atom is -0.385 e. The van der Waals surface area contributed by atoms with E-state index in [9.17, 15) is 9.59 Å². The lowest BCUT2D eigenvalue weighted by molar-refractivity contribution is 0.603. The number of nitrogens with one attached hydrogen (secondary N) is 1. The van der Waals surface area contributed by atoms with Gasteiger partial charge in [-0.1, -0.05) is 0 Å². The molecule has 0 saturated heterocycles. The van der Waals surface area contributed by atoms with Crippen LogP contribution in [-0.4, -0.2) is 19.3 Å². The zero-order valence-electron chi connectivity index (χ0n) is 9.54. The standard InChI is InChI=1S/C10H13N5O2/c1-6(7-4-12-14(2)5-7)15-8(11)3-9(16)13-10(15)17/h3-6H,11H2,1-2H3,(H,13,16,17). The molecule has 1 atom stereocenters. The highest BCUT2D eigenvalue weighted by Crippen LogP contribution is 2.16. The van der Waals surface area contributed by atoms with Crippen LogP contribution in [0.4, 0.5) is 5.82 Å². The van der Waals surface area contributed by atoms with Crippen LogP contribution in [0.3, 0.4) is 0 Å². The number of H-pyrrole nitrogens is 1. The molecule has 0 spiro atoms. The Bertz CT molecular complexity index is 651. The lowest BCUT2D eigenvalue weighted by Crippen LogP contribution is -2.33. The third-order valence-electron chi connectivity index (χ3n) is 2.60. The first kappa shape index (κ1) is 11.2. The van der Waals surface area contributed by atoms with Crippen LogP contribution >= 0.6 is 0 Å². The third-order valence-corrected chi connectivity index (χ3v) is 2.60. The molecule has 7 nitrogen and oxygen atoms in total. The smallest absolute Gasteiger partial charge is 0.330 e. The van der Waals surface area contributed by atoms with Crippen LogP contribution in [0, 0.1) is 0 Å². The second-order valence-corrected chi connectivity index (χ2v) is 3.86. The van der Waals surface area contributed by atoms with E-state index in [4.69, 9.17) is 5.73 Å². The van der Waals surface area contributed by atoms with Crippen LogP contribution in [0.5, 0.6) is 0 Å². The zero-order chi connectivity index (χ0) is 12.6. The van der Waals surface area contributed by atoms with Crippen molar-refractivity contribution in [3.8, 4) is 0 Å². The molecule has 0 saturated carbocycles. The van der Waals surface area contributed by atoms with Crippen molar-refractivity contribution in [1.82, 2.24) is 19.3 Å². The summed E-state index contributed by atoms with van der Waals surface area (Å²) in [6, 6.07) is 0.905. The topological polar surface area (TPSA) is 98.7 Å². The Hall–Kier alpha value is -2.31. The van der Waals surface area contributed by atoms with Gasteiger partial charge in [0.05, 0.1) is 12.2 Å². The van der Waals surface area contributed by atoms with Crippen molar-refractivity contribution in [2.24, 2.45) is 7.05 Å². The number of nitrogens with zero attached hydrogens (tertiary/aromatic N) is 3. The van der Waals surface area contributed by atoms with Crippen LogP contribution in [0.25, 0.3) is 0 Å². The highest BCUT2D eigenvalue weighted by Gasteiger charge is 2.14. The van der Waals surface area contributed by atoms with Crippen molar-refractivity contribution in [2.75, 3.05) is 5.73 Å². The number of anilines is 1. The molecule has 2 aromatic heterocycles. The number of aromatic nitrogens is 4. The molecule has 0 amide bonds.